The molecule has 0 saturated heterocycles. The Balaban J connectivity index is 2.24. The lowest BCUT2D eigenvalue weighted by Crippen LogP contribution is -2.28. The van der Waals surface area contributed by atoms with Gasteiger partial charge in [0, 0.05) is 12.5 Å². The summed E-state index contributed by atoms with van der Waals surface area (Å²) in [5.74, 6) is 6.83. The third-order valence-corrected chi connectivity index (χ3v) is 1.80. The molecule has 0 spiro atoms. The topological polar surface area (TPSA) is 25.2 Å². The van der Waals surface area contributed by atoms with Crippen molar-refractivity contribution in [2.45, 2.75) is 26.3 Å². The van der Waals surface area contributed by atoms with Gasteiger partial charge in [-0.25, -0.2) is 0 Å². The zero-order valence-electron chi connectivity index (χ0n) is 8.13. The van der Waals surface area contributed by atoms with Crippen molar-refractivity contribution in [3.63, 3.8) is 0 Å². The fourth-order valence-electron chi connectivity index (χ4n) is 1.12. The number of hydrogen-bond donors (Lipinski definition) is 1. The van der Waals surface area contributed by atoms with Crippen LogP contribution in [0.5, 0.6) is 0 Å². The summed E-state index contributed by atoms with van der Waals surface area (Å²) in [6.07, 6.45) is 2.62. The summed E-state index contributed by atoms with van der Waals surface area (Å²) in [7, 11) is 0. The Morgan fingerprint density at radius 3 is 3.08 bits per heavy atom. The third kappa shape index (κ3) is 3.82. The average molecular weight is 177 g/mol. The van der Waals surface area contributed by atoms with Crippen molar-refractivity contribution in [1.29, 1.82) is 0 Å². The van der Waals surface area contributed by atoms with Gasteiger partial charge in [-0.1, -0.05) is 5.92 Å². The lowest BCUT2D eigenvalue weighted by atomic mass is 10.2. The Bertz CT molecular complexity index is 279. The van der Waals surface area contributed by atoms with Crippen molar-refractivity contribution in [2.75, 3.05) is 6.54 Å². The van der Waals surface area contributed by atoms with Crippen LogP contribution in [0, 0.1) is 11.8 Å². The highest BCUT2D eigenvalue weighted by Crippen LogP contribution is 2.03. The molecule has 2 nitrogen and oxygen atoms in total. The molecule has 1 rings (SSSR count). The van der Waals surface area contributed by atoms with Crippen LogP contribution in [0.15, 0.2) is 22.8 Å². The molecule has 2 heteroatoms. The van der Waals surface area contributed by atoms with Crippen molar-refractivity contribution in [1.82, 2.24) is 5.32 Å². The highest BCUT2D eigenvalue weighted by Gasteiger charge is 2.02. The van der Waals surface area contributed by atoms with Crippen LogP contribution < -0.4 is 5.32 Å². The maximum absolute atomic E-state index is 5.23. The molecule has 0 fully saturated rings. The molecule has 70 valence electrons. The molecule has 1 heterocycles. The van der Waals surface area contributed by atoms with E-state index in [0.717, 1.165) is 18.7 Å². The molecule has 1 atom stereocenters. The van der Waals surface area contributed by atoms with Gasteiger partial charge in [0.1, 0.15) is 5.76 Å². The summed E-state index contributed by atoms with van der Waals surface area (Å²) >= 11 is 0. The summed E-state index contributed by atoms with van der Waals surface area (Å²) < 4.78 is 5.23. The summed E-state index contributed by atoms with van der Waals surface area (Å²) in [6, 6.07) is 4.31. The summed E-state index contributed by atoms with van der Waals surface area (Å²) in [6.45, 7) is 4.72. The monoisotopic (exact) mass is 177 g/mol. The fourth-order valence-corrected chi connectivity index (χ4v) is 1.12. The van der Waals surface area contributed by atoms with E-state index in [9.17, 15) is 0 Å². The minimum Gasteiger partial charge on any atom is -0.469 e. The van der Waals surface area contributed by atoms with Crippen LogP contribution in [0.2, 0.25) is 0 Å². The standard InChI is InChI=1S/C11H15NO/c1-3-4-7-12-10(2)9-11-6-5-8-13-11/h5-6,8,10,12H,7,9H2,1-2H3. The predicted molar refractivity (Wildman–Crippen MR) is 53.3 cm³/mol. The van der Waals surface area contributed by atoms with E-state index in [0.29, 0.717) is 6.04 Å². The molecule has 0 aliphatic rings. The lowest BCUT2D eigenvalue weighted by molar-refractivity contribution is 0.467. The molecular formula is C11H15NO. The second-order valence-electron chi connectivity index (χ2n) is 2.99. The molecule has 13 heavy (non-hydrogen) atoms. The lowest BCUT2D eigenvalue weighted by Gasteiger charge is -2.08. The number of hydrogen-bond acceptors (Lipinski definition) is 2. The molecule has 1 unspecified atom stereocenters. The number of nitrogens with one attached hydrogen (secondary N) is 1. The number of rotatable bonds is 4. The van der Waals surface area contributed by atoms with Crippen LogP contribution in [0.4, 0.5) is 0 Å². The van der Waals surface area contributed by atoms with E-state index in [2.05, 4.69) is 24.1 Å². The van der Waals surface area contributed by atoms with Crippen LogP contribution in [0.1, 0.15) is 19.6 Å². The summed E-state index contributed by atoms with van der Waals surface area (Å²) in [5, 5.41) is 3.29. The van der Waals surface area contributed by atoms with E-state index in [1.807, 2.05) is 19.1 Å². The molecule has 0 amide bonds. The molecule has 0 aromatic carbocycles. The Labute approximate surface area is 79.3 Å². The van der Waals surface area contributed by atoms with Crippen molar-refractivity contribution >= 4 is 0 Å². The predicted octanol–water partition coefficient (Wildman–Crippen LogP) is 1.82. The van der Waals surface area contributed by atoms with E-state index in [1.165, 1.54) is 0 Å². The Hall–Kier alpha value is -1.20. The second-order valence-corrected chi connectivity index (χ2v) is 2.99. The third-order valence-electron chi connectivity index (χ3n) is 1.80. The first-order valence-electron chi connectivity index (χ1n) is 4.48. The van der Waals surface area contributed by atoms with Gasteiger partial charge >= 0.3 is 0 Å². The van der Waals surface area contributed by atoms with Crippen LogP contribution >= 0.6 is 0 Å². The SMILES string of the molecule is CC#CCNC(C)Cc1ccco1. The fraction of sp³-hybridized carbons (Fsp3) is 0.455. The molecule has 0 aliphatic heterocycles. The normalized spacial score (nSPS) is 11.8. The Kier molecular flexibility index (Phi) is 4.14. The zero-order valence-corrected chi connectivity index (χ0v) is 8.13. The molecule has 0 aliphatic carbocycles. The minimum atomic E-state index is 0.409. The maximum Gasteiger partial charge on any atom is 0.105 e. The van der Waals surface area contributed by atoms with Crippen LogP contribution in [0.25, 0.3) is 0 Å². The minimum absolute atomic E-state index is 0.409. The van der Waals surface area contributed by atoms with Gasteiger partial charge in [0.2, 0.25) is 0 Å². The molecule has 1 aromatic heterocycles. The second kappa shape index (κ2) is 5.45. The Morgan fingerprint density at radius 1 is 1.62 bits per heavy atom. The largest absolute Gasteiger partial charge is 0.469 e. The van der Waals surface area contributed by atoms with E-state index in [1.54, 1.807) is 6.26 Å². The summed E-state index contributed by atoms with van der Waals surface area (Å²) in [4.78, 5) is 0. The van der Waals surface area contributed by atoms with Crippen LogP contribution in [0.3, 0.4) is 0 Å². The highest BCUT2D eigenvalue weighted by atomic mass is 16.3. The van der Waals surface area contributed by atoms with Crippen molar-refractivity contribution in [3.05, 3.63) is 24.2 Å². The van der Waals surface area contributed by atoms with Gasteiger partial charge in [-0.05, 0) is 26.0 Å². The van der Waals surface area contributed by atoms with Gasteiger partial charge in [-0.3, -0.25) is 0 Å². The van der Waals surface area contributed by atoms with Gasteiger partial charge in [0.15, 0.2) is 0 Å². The van der Waals surface area contributed by atoms with Crippen molar-refractivity contribution in [2.24, 2.45) is 0 Å². The first kappa shape index (κ1) is 9.88. The molecule has 0 saturated carbocycles. The molecule has 1 N–H and O–H groups in total. The molecule has 1 aromatic rings. The van der Waals surface area contributed by atoms with Crippen LogP contribution in [-0.4, -0.2) is 12.6 Å². The first-order valence-corrected chi connectivity index (χ1v) is 4.48. The number of furan rings is 1. The van der Waals surface area contributed by atoms with Crippen molar-refractivity contribution < 1.29 is 4.42 Å². The average Bonchev–Trinajstić information content (AvgIpc) is 2.57. The van der Waals surface area contributed by atoms with Gasteiger partial charge in [-0.2, -0.15) is 0 Å². The van der Waals surface area contributed by atoms with Crippen molar-refractivity contribution in [3.8, 4) is 11.8 Å². The first-order chi connectivity index (χ1) is 6.33. The molecule has 0 bridgehead atoms. The van der Waals surface area contributed by atoms with Crippen LogP contribution in [-0.2, 0) is 6.42 Å². The van der Waals surface area contributed by atoms with Gasteiger partial charge in [-0.15, -0.1) is 5.92 Å². The van der Waals surface area contributed by atoms with Gasteiger partial charge < -0.3 is 9.73 Å². The molecular weight excluding hydrogens is 162 g/mol. The quantitative estimate of drug-likeness (QED) is 0.710. The maximum atomic E-state index is 5.23. The highest BCUT2D eigenvalue weighted by molar-refractivity contribution is 5.01. The smallest absolute Gasteiger partial charge is 0.105 e. The van der Waals surface area contributed by atoms with Gasteiger partial charge in [0.25, 0.3) is 0 Å². The van der Waals surface area contributed by atoms with Gasteiger partial charge in [0.05, 0.1) is 12.8 Å². The van der Waals surface area contributed by atoms with E-state index in [4.69, 9.17) is 4.42 Å². The summed E-state index contributed by atoms with van der Waals surface area (Å²) in [5.41, 5.74) is 0. The molecule has 0 radical (unpaired) electrons. The van der Waals surface area contributed by atoms with E-state index < -0.39 is 0 Å². The van der Waals surface area contributed by atoms with E-state index >= 15 is 0 Å². The Morgan fingerprint density at radius 2 is 2.46 bits per heavy atom. The zero-order chi connectivity index (χ0) is 9.52. The van der Waals surface area contributed by atoms with E-state index in [-0.39, 0.29) is 0 Å².